The number of benzene rings is 1. The molecule has 1 unspecified atom stereocenters. The van der Waals surface area contributed by atoms with E-state index in [0.29, 0.717) is 19.2 Å². The number of carbonyl (C=O) groups excluding carboxylic acids is 1. The number of piperidine rings is 2. The molecule has 2 aliphatic heterocycles. The van der Waals surface area contributed by atoms with Gasteiger partial charge in [-0.1, -0.05) is 6.92 Å². The van der Waals surface area contributed by atoms with Crippen LogP contribution >= 0.6 is 0 Å². The van der Waals surface area contributed by atoms with E-state index in [0.717, 1.165) is 68.5 Å². The first-order valence-electron chi connectivity index (χ1n) is 13.9. The highest BCUT2D eigenvalue weighted by atomic mass is 16.5. The van der Waals surface area contributed by atoms with Gasteiger partial charge in [0.1, 0.15) is 0 Å². The minimum Gasteiger partial charge on any atom is -0.383 e. The van der Waals surface area contributed by atoms with Crippen molar-refractivity contribution in [1.29, 1.82) is 0 Å². The molecule has 1 aliphatic carbocycles. The van der Waals surface area contributed by atoms with E-state index in [4.69, 9.17) is 9.72 Å². The minimum atomic E-state index is 0.114. The predicted octanol–water partition coefficient (Wildman–Crippen LogP) is 4.40. The molecule has 1 amide bonds. The highest BCUT2D eigenvalue weighted by Gasteiger charge is 2.31. The Kier molecular flexibility index (Phi) is 7.63. The standard InChI is InChI=1S/C28H43N5O2/c1-4-30-15-12-24(13-16-30)32(17-18-35-3)27(34)23-10-11-26-25(19-23)29-28(33(26)20-22-8-9-22)31-14-6-5-7-21(31)2/h10-11,19,21-22,24H,4-9,12-18,20H2,1-3H3. The summed E-state index contributed by atoms with van der Waals surface area (Å²) < 4.78 is 7.81. The van der Waals surface area contributed by atoms with Gasteiger partial charge in [-0.15, -0.1) is 0 Å². The van der Waals surface area contributed by atoms with Gasteiger partial charge in [-0.05, 0) is 82.5 Å². The number of anilines is 1. The molecule has 2 saturated heterocycles. The van der Waals surface area contributed by atoms with Gasteiger partial charge in [-0.3, -0.25) is 4.79 Å². The summed E-state index contributed by atoms with van der Waals surface area (Å²) in [7, 11) is 1.71. The van der Waals surface area contributed by atoms with E-state index in [2.05, 4.69) is 39.2 Å². The highest BCUT2D eigenvalue weighted by Crippen LogP contribution is 2.36. The molecule has 0 N–H and O–H groups in total. The lowest BCUT2D eigenvalue weighted by atomic mass is 10.0. The van der Waals surface area contributed by atoms with Crippen LogP contribution in [0, 0.1) is 5.92 Å². The number of carbonyl (C=O) groups is 1. The largest absolute Gasteiger partial charge is 0.383 e. The Morgan fingerprint density at radius 1 is 1.11 bits per heavy atom. The highest BCUT2D eigenvalue weighted by molar-refractivity contribution is 5.98. The molecule has 0 radical (unpaired) electrons. The normalized spacial score (nSPS) is 22.1. The number of nitrogens with zero attached hydrogens (tertiary/aromatic N) is 5. The fourth-order valence-electron chi connectivity index (χ4n) is 5.96. The van der Waals surface area contributed by atoms with Crippen molar-refractivity contribution in [3.63, 3.8) is 0 Å². The number of imidazole rings is 1. The van der Waals surface area contributed by atoms with Crippen molar-refractivity contribution >= 4 is 22.9 Å². The second kappa shape index (κ2) is 10.9. The topological polar surface area (TPSA) is 53.8 Å². The third-order valence-electron chi connectivity index (χ3n) is 8.41. The first-order valence-corrected chi connectivity index (χ1v) is 13.9. The van der Waals surface area contributed by atoms with Crippen molar-refractivity contribution in [2.45, 2.75) is 77.4 Å². The van der Waals surface area contributed by atoms with Crippen LogP contribution in [0.2, 0.25) is 0 Å². The van der Waals surface area contributed by atoms with E-state index in [1.54, 1.807) is 7.11 Å². The van der Waals surface area contributed by atoms with Gasteiger partial charge in [0.05, 0.1) is 17.6 Å². The minimum absolute atomic E-state index is 0.114. The van der Waals surface area contributed by atoms with Crippen LogP contribution in [0.4, 0.5) is 5.95 Å². The number of likely N-dealkylation sites (tertiary alicyclic amines) is 1. The molecule has 0 spiro atoms. The summed E-state index contributed by atoms with van der Waals surface area (Å²) in [6.07, 6.45) is 8.44. The van der Waals surface area contributed by atoms with Gasteiger partial charge >= 0.3 is 0 Å². The average molecular weight is 482 g/mol. The maximum atomic E-state index is 13.8. The number of rotatable bonds is 9. The molecule has 0 bridgehead atoms. The Morgan fingerprint density at radius 2 is 1.91 bits per heavy atom. The molecule has 7 nitrogen and oxygen atoms in total. The molecule has 192 valence electrons. The first-order chi connectivity index (χ1) is 17.1. The number of fused-ring (bicyclic) bond motifs is 1. The molecule has 1 aromatic carbocycles. The lowest BCUT2D eigenvalue weighted by Crippen LogP contribution is -2.48. The van der Waals surface area contributed by atoms with Crippen molar-refractivity contribution in [2.24, 2.45) is 5.92 Å². The number of hydrogen-bond acceptors (Lipinski definition) is 5. The van der Waals surface area contributed by atoms with Crippen LogP contribution in [0.5, 0.6) is 0 Å². The first kappa shape index (κ1) is 24.6. The molecule has 3 heterocycles. The number of hydrogen-bond donors (Lipinski definition) is 0. The molecule has 3 aliphatic rings. The van der Waals surface area contributed by atoms with Crippen molar-refractivity contribution in [3.8, 4) is 0 Å². The van der Waals surface area contributed by atoms with Crippen molar-refractivity contribution in [3.05, 3.63) is 23.8 Å². The number of aromatic nitrogens is 2. The van der Waals surface area contributed by atoms with E-state index in [9.17, 15) is 4.79 Å². The zero-order valence-corrected chi connectivity index (χ0v) is 21.9. The third kappa shape index (κ3) is 5.36. The van der Waals surface area contributed by atoms with Crippen LogP contribution in [0.15, 0.2) is 18.2 Å². The zero-order chi connectivity index (χ0) is 24.4. The molecular formula is C28H43N5O2. The van der Waals surface area contributed by atoms with Gasteiger partial charge in [-0.2, -0.15) is 0 Å². The lowest BCUT2D eigenvalue weighted by Gasteiger charge is -2.38. The molecule has 1 saturated carbocycles. The van der Waals surface area contributed by atoms with Gasteiger partial charge in [-0.25, -0.2) is 4.98 Å². The van der Waals surface area contributed by atoms with E-state index in [1.165, 1.54) is 37.6 Å². The summed E-state index contributed by atoms with van der Waals surface area (Å²) in [5.74, 6) is 1.99. The van der Waals surface area contributed by atoms with Gasteiger partial charge < -0.3 is 24.0 Å². The summed E-state index contributed by atoms with van der Waals surface area (Å²) in [5, 5.41) is 0. The number of amides is 1. The molecule has 7 heteroatoms. The Morgan fingerprint density at radius 3 is 2.60 bits per heavy atom. The molecule has 1 atom stereocenters. The lowest BCUT2D eigenvalue weighted by molar-refractivity contribution is 0.0490. The van der Waals surface area contributed by atoms with Crippen molar-refractivity contribution < 1.29 is 9.53 Å². The second-order valence-electron chi connectivity index (χ2n) is 10.9. The van der Waals surface area contributed by atoms with Crippen LogP contribution in [-0.2, 0) is 11.3 Å². The van der Waals surface area contributed by atoms with E-state index < -0.39 is 0 Å². The van der Waals surface area contributed by atoms with E-state index in [1.807, 2.05) is 12.1 Å². The molecule has 2 aromatic rings. The molecule has 1 aromatic heterocycles. The number of methoxy groups -OCH3 is 1. The summed E-state index contributed by atoms with van der Waals surface area (Å²) >= 11 is 0. The second-order valence-corrected chi connectivity index (χ2v) is 10.9. The Hall–Kier alpha value is -2.12. The fraction of sp³-hybridized carbons (Fsp3) is 0.714. The maximum absolute atomic E-state index is 13.8. The Bertz CT molecular complexity index is 1010. The van der Waals surface area contributed by atoms with Crippen LogP contribution in [0.25, 0.3) is 11.0 Å². The smallest absolute Gasteiger partial charge is 0.254 e. The monoisotopic (exact) mass is 481 g/mol. The number of ether oxygens (including phenoxy) is 1. The zero-order valence-electron chi connectivity index (χ0n) is 21.9. The van der Waals surface area contributed by atoms with Crippen LogP contribution in [-0.4, -0.2) is 83.8 Å². The quantitative estimate of drug-likeness (QED) is 0.531. The molecule has 35 heavy (non-hydrogen) atoms. The van der Waals surface area contributed by atoms with Crippen LogP contribution < -0.4 is 4.90 Å². The summed E-state index contributed by atoms with van der Waals surface area (Å²) in [5.41, 5.74) is 2.87. The predicted molar refractivity (Wildman–Crippen MR) is 141 cm³/mol. The molecular weight excluding hydrogens is 438 g/mol. The van der Waals surface area contributed by atoms with Gasteiger partial charge in [0.2, 0.25) is 5.95 Å². The maximum Gasteiger partial charge on any atom is 0.254 e. The third-order valence-corrected chi connectivity index (χ3v) is 8.41. The molecule has 5 rings (SSSR count). The fourth-order valence-corrected chi connectivity index (χ4v) is 5.96. The summed E-state index contributed by atoms with van der Waals surface area (Å²) in [6, 6.07) is 7.00. The van der Waals surface area contributed by atoms with E-state index in [-0.39, 0.29) is 11.9 Å². The van der Waals surface area contributed by atoms with Gasteiger partial charge in [0, 0.05) is 57.5 Å². The van der Waals surface area contributed by atoms with Crippen LogP contribution in [0.1, 0.15) is 69.2 Å². The van der Waals surface area contributed by atoms with Crippen LogP contribution in [0.3, 0.4) is 0 Å². The Labute approximate surface area is 210 Å². The van der Waals surface area contributed by atoms with Gasteiger partial charge in [0.15, 0.2) is 0 Å². The van der Waals surface area contributed by atoms with Crippen molar-refractivity contribution in [2.75, 3.05) is 51.3 Å². The Balaban J connectivity index is 1.43. The van der Waals surface area contributed by atoms with E-state index >= 15 is 0 Å². The molecule has 3 fully saturated rings. The average Bonchev–Trinajstić information content (AvgIpc) is 3.64. The van der Waals surface area contributed by atoms with Crippen molar-refractivity contribution in [1.82, 2.24) is 19.4 Å². The van der Waals surface area contributed by atoms with Gasteiger partial charge in [0.25, 0.3) is 5.91 Å². The summed E-state index contributed by atoms with van der Waals surface area (Å²) in [6.45, 7) is 11.0. The summed E-state index contributed by atoms with van der Waals surface area (Å²) in [4.78, 5) is 26.0. The SMILES string of the molecule is CCN1CCC(N(CCOC)C(=O)c2ccc3c(c2)nc(N2CCCCC2C)n3CC2CC2)CC1.